The van der Waals surface area contributed by atoms with Crippen molar-refractivity contribution in [2.75, 3.05) is 0 Å². The summed E-state index contributed by atoms with van der Waals surface area (Å²) < 4.78 is 0. The van der Waals surface area contributed by atoms with Gasteiger partial charge in [-0.05, 0) is 32.1 Å². The number of Topliss-reactive ketones (excluding diaryl/α,β-unsaturated/α-hetero) is 1. The smallest absolute Gasteiger partial charge is 0.132 e. The standard InChI is InChI=1S/C11H18O/c1-2-11(12)9-8-10-6-4-3-5-7-10/h6H,2-5,7-9H2,1H3. The molecule has 0 aromatic heterocycles. The molecule has 0 atom stereocenters. The third-order valence-corrected chi connectivity index (χ3v) is 2.50. The maximum atomic E-state index is 11.0. The Labute approximate surface area is 74.9 Å². The van der Waals surface area contributed by atoms with Crippen LogP contribution in [0.15, 0.2) is 11.6 Å². The van der Waals surface area contributed by atoms with Crippen LogP contribution in [0.4, 0.5) is 0 Å². The Kier molecular flexibility index (Phi) is 4.06. The zero-order chi connectivity index (χ0) is 8.81. The molecule has 0 radical (unpaired) electrons. The predicted molar refractivity (Wildman–Crippen MR) is 51.1 cm³/mol. The predicted octanol–water partition coefficient (Wildman–Crippen LogP) is 3.25. The quantitative estimate of drug-likeness (QED) is 0.586. The van der Waals surface area contributed by atoms with Crippen molar-refractivity contribution in [2.45, 2.75) is 51.9 Å². The van der Waals surface area contributed by atoms with E-state index in [1.54, 1.807) is 0 Å². The molecule has 0 aromatic rings. The van der Waals surface area contributed by atoms with Gasteiger partial charge in [0, 0.05) is 12.8 Å². The van der Waals surface area contributed by atoms with Crippen molar-refractivity contribution >= 4 is 5.78 Å². The Hall–Kier alpha value is -0.590. The van der Waals surface area contributed by atoms with Crippen LogP contribution in [0.5, 0.6) is 0 Å². The number of ketones is 1. The second kappa shape index (κ2) is 5.13. The van der Waals surface area contributed by atoms with Crippen LogP contribution < -0.4 is 0 Å². The van der Waals surface area contributed by atoms with Gasteiger partial charge in [0.25, 0.3) is 0 Å². The SMILES string of the molecule is CCC(=O)CCC1=CCCCC1. The third-order valence-electron chi connectivity index (χ3n) is 2.50. The summed E-state index contributed by atoms with van der Waals surface area (Å²) in [5, 5.41) is 0. The van der Waals surface area contributed by atoms with Gasteiger partial charge in [0.15, 0.2) is 0 Å². The first-order chi connectivity index (χ1) is 5.83. The third kappa shape index (κ3) is 3.21. The molecule has 1 aliphatic rings. The number of carbonyl (C=O) groups excluding carboxylic acids is 1. The Morgan fingerprint density at radius 2 is 2.33 bits per heavy atom. The molecule has 0 saturated heterocycles. The lowest BCUT2D eigenvalue weighted by Crippen LogP contribution is -1.98. The first-order valence-corrected chi connectivity index (χ1v) is 5.02. The van der Waals surface area contributed by atoms with E-state index in [1.165, 1.54) is 31.3 Å². The van der Waals surface area contributed by atoms with E-state index in [4.69, 9.17) is 0 Å². The van der Waals surface area contributed by atoms with Gasteiger partial charge >= 0.3 is 0 Å². The lowest BCUT2D eigenvalue weighted by Gasteiger charge is -2.11. The van der Waals surface area contributed by atoms with Crippen molar-refractivity contribution < 1.29 is 4.79 Å². The zero-order valence-electron chi connectivity index (χ0n) is 7.94. The van der Waals surface area contributed by atoms with E-state index in [2.05, 4.69) is 6.08 Å². The minimum Gasteiger partial charge on any atom is -0.300 e. The van der Waals surface area contributed by atoms with Gasteiger partial charge in [-0.2, -0.15) is 0 Å². The fourth-order valence-electron chi connectivity index (χ4n) is 1.61. The molecule has 0 N–H and O–H groups in total. The first kappa shape index (κ1) is 9.50. The van der Waals surface area contributed by atoms with E-state index in [0.717, 1.165) is 12.8 Å². The van der Waals surface area contributed by atoms with Gasteiger partial charge in [0.1, 0.15) is 5.78 Å². The molecule has 1 aliphatic carbocycles. The highest BCUT2D eigenvalue weighted by Crippen LogP contribution is 2.21. The van der Waals surface area contributed by atoms with Gasteiger partial charge in [0.05, 0.1) is 0 Å². The van der Waals surface area contributed by atoms with E-state index in [0.29, 0.717) is 12.2 Å². The molecule has 0 aliphatic heterocycles. The van der Waals surface area contributed by atoms with Gasteiger partial charge in [-0.3, -0.25) is 4.79 Å². The number of hydrogen-bond acceptors (Lipinski definition) is 1. The summed E-state index contributed by atoms with van der Waals surface area (Å²) in [4.78, 5) is 11.0. The molecule has 0 bridgehead atoms. The molecule has 1 rings (SSSR count). The zero-order valence-corrected chi connectivity index (χ0v) is 7.94. The van der Waals surface area contributed by atoms with Crippen molar-refractivity contribution in [1.29, 1.82) is 0 Å². The van der Waals surface area contributed by atoms with Crippen LogP contribution in [0.1, 0.15) is 51.9 Å². The summed E-state index contributed by atoms with van der Waals surface area (Å²) in [5.41, 5.74) is 1.52. The summed E-state index contributed by atoms with van der Waals surface area (Å²) in [5.74, 6) is 0.404. The highest BCUT2D eigenvalue weighted by atomic mass is 16.1. The highest BCUT2D eigenvalue weighted by Gasteiger charge is 2.05. The molecule has 0 saturated carbocycles. The molecule has 0 amide bonds. The van der Waals surface area contributed by atoms with E-state index in [-0.39, 0.29) is 0 Å². The molecule has 68 valence electrons. The van der Waals surface area contributed by atoms with Gasteiger partial charge in [-0.15, -0.1) is 0 Å². The van der Waals surface area contributed by atoms with Gasteiger partial charge in [-0.25, -0.2) is 0 Å². The second-order valence-corrected chi connectivity index (χ2v) is 3.50. The fraction of sp³-hybridized carbons (Fsp3) is 0.727. The molecule has 0 unspecified atom stereocenters. The monoisotopic (exact) mass is 166 g/mol. The molecular weight excluding hydrogens is 148 g/mol. The van der Waals surface area contributed by atoms with Gasteiger partial charge < -0.3 is 0 Å². The summed E-state index contributed by atoms with van der Waals surface area (Å²) in [7, 11) is 0. The van der Waals surface area contributed by atoms with Crippen molar-refractivity contribution in [3.05, 3.63) is 11.6 Å². The van der Waals surface area contributed by atoms with E-state index >= 15 is 0 Å². The van der Waals surface area contributed by atoms with Crippen molar-refractivity contribution in [1.82, 2.24) is 0 Å². The number of rotatable bonds is 4. The Morgan fingerprint density at radius 1 is 1.50 bits per heavy atom. The average Bonchev–Trinajstić information content (AvgIpc) is 2.16. The van der Waals surface area contributed by atoms with Crippen LogP contribution in [-0.2, 0) is 4.79 Å². The molecule has 0 fully saturated rings. The molecule has 12 heavy (non-hydrogen) atoms. The summed E-state index contributed by atoms with van der Waals surface area (Å²) in [6, 6.07) is 0. The van der Waals surface area contributed by atoms with Crippen LogP contribution in [-0.4, -0.2) is 5.78 Å². The number of hydrogen-bond donors (Lipinski definition) is 0. The minimum atomic E-state index is 0.404. The highest BCUT2D eigenvalue weighted by molar-refractivity contribution is 5.78. The normalized spacial score (nSPS) is 17.2. The van der Waals surface area contributed by atoms with E-state index in [9.17, 15) is 4.79 Å². The number of carbonyl (C=O) groups is 1. The first-order valence-electron chi connectivity index (χ1n) is 5.02. The summed E-state index contributed by atoms with van der Waals surface area (Å²) in [6.07, 6.45) is 9.94. The van der Waals surface area contributed by atoms with E-state index < -0.39 is 0 Å². The van der Waals surface area contributed by atoms with Crippen LogP contribution in [0.2, 0.25) is 0 Å². The molecule has 0 aromatic carbocycles. The summed E-state index contributed by atoms with van der Waals surface area (Å²) in [6.45, 7) is 1.94. The average molecular weight is 166 g/mol. The van der Waals surface area contributed by atoms with Crippen LogP contribution in [0, 0.1) is 0 Å². The van der Waals surface area contributed by atoms with E-state index in [1.807, 2.05) is 6.92 Å². The molecule has 1 nitrogen and oxygen atoms in total. The van der Waals surface area contributed by atoms with Gasteiger partial charge in [-0.1, -0.05) is 18.6 Å². The molecule has 1 heteroatoms. The van der Waals surface area contributed by atoms with Crippen LogP contribution >= 0.6 is 0 Å². The Bertz CT molecular complexity index is 179. The van der Waals surface area contributed by atoms with Crippen LogP contribution in [0.25, 0.3) is 0 Å². The number of allylic oxidation sites excluding steroid dienone is 2. The second-order valence-electron chi connectivity index (χ2n) is 3.50. The largest absolute Gasteiger partial charge is 0.300 e. The lowest BCUT2D eigenvalue weighted by atomic mass is 9.95. The van der Waals surface area contributed by atoms with Crippen LogP contribution in [0.3, 0.4) is 0 Å². The van der Waals surface area contributed by atoms with Crippen molar-refractivity contribution in [3.8, 4) is 0 Å². The maximum Gasteiger partial charge on any atom is 0.132 e. The molecular formula is C11H18O. The maximum absolute atomic E-state index is 11.0. The minimum absolute atomic E-state index is 0.404. The lowest BCUT2D eigenvalue weighted by molar-refractivity contribution is -0.118. The molecule has 0 heterocycles. The fourth-order valence-corrected chi connectivity index (χ4v) is 1.61. The van der Waals surface area contributed by atoms with Crippen molar-refractivity contribution in [2.24, 2.45) is 0 Å². The summed E-state index contributed by atoms with van der Waals surface area (Å²) >= 11 is 0. The molecule has 0 spiro atoms. The Morgan fingerprint density at radius 3 is 2.92 bits per heavy atom. The topological polar surface area (TPSA) is 17.1 Å². The van der Waals surface area contributed by atoms with Crippen molar-refractivity contribution in [3.63, 3.8) is 0 Å². The van der Waals surface area contributed by atoms with Gasteiger partial charge in [0.2, 0.25) is 0 Å². The Balaban J connectivity index is 2.21.